The van der Waals surface area contributed by atoms with Gasteiger partial charge in [0.15, 0.2) is 0 Å². The lowest BCUT2D eigenvalue weighted by molar-refractivity contribution is 0.0600. The minimum Gasteiger partial charge on any atom is -0.465 e. The van der Waals surface area contributed by atoms with Gasteiger partial charge in [0.05, 0.1) is 30.2 Å². The van der Waals surface area contributed by atoms with Crippen LogP contribution in [0.5, 0.6) is 0 Å². The zero-order valence-electron chi connectivity index (χ0n) is 15.4. The SMILES string of the molecule is CCS(=O)(=O)Nc1cc(C(=O)NC(C)c2ccccc2)cc(C(=O)OC)c1. The number of anilines is 1. The van der Waals surface area contributed by atoms with Crippen LogP contribution < -0.4 is 10.0 Å². The molecule has 0 aliphatic heterocycles. The molecule has 0 aliphatic carbocycles. The molecule has 2 aromatic carbocycles. The van der Waals surface area contributed by atoms with E-state index in [-0.39, 0.29) is 28.6 Å². The highest BCUT2D eigenvalue weighted by Gasteiger charge is 2.17. The van der Waals surface area contributed by atoms with Gasteiger partial charge in [0.25, 0.3) is 5.91 Å². The highest BCUT2D eigenvalue weighted by atomic mass is 32.2. The van der Waals surface area contributed by atoms with Gasteiger partial charge in [-0.05, 0) is 37.6 Å². The molecule has 2 rings (SSSR count). The van der Waals surface area contributed by atoms with Crippen molar-refractivity contribution < 1.29 is 22.7 Å². The third kappa shape index (κ3) is 5.55. The number of sulfonamides is 1. The van der Waals surface area contributed by atoms with Gasteiger partial charge in [0.1, 0.15) is 0 Å². The number of carbonyl (C=O) groups is 2. The van der Waals surface area contributed by atoms with E-state index in [0.29, 0.717) is 0 Å². The molecular formula is C19H22N2O5S. The van der Waals surface area contributed by atoms with Gasteiger partial charge in [-0.25, -0.2) is 13.2 Å². The average Bonchev–Trinajstić information content (AvgIpc) is 2.67. The Hall–Kier alpha value is -2.87. The van der Waals surface area contributed by atoms with E-state index in [1.165, 1.54) is 32.2 Å². The van der Waals surface area contributed by atoms with Crippen LogP contribution in [0, 0.1) is 0 Å². The van der Waals surface area contributed by atoms with Crippen molar-refractivity contribution >= 4 is 27.6 Å². The molecule has 0 aliphatic rings. The molecule has 1 unspecified atom stereocenters. The summed E-state index contributed by atoms with van der Waals surface area (Å²) in [5.74, 6) is -1.24. The van der Waals surface area contributed by atoms with E-state index < -0.39 is 21.9 Å². The Kier molecular flexibility index (Phi) is 6.57. The zero-order valence-corrected chi connectivity index (χ0v) is 16.2. The van der Waals surface area contributed by atoms with Crippen LogP contribution in [0.2, 0.25) is 0 Å². The van der Waals surface area contributed by atoms with Gasteiger partial charge in [-0.15, -0.1) is 0 Å². The van der Waals surface area contributed by atoms with Gasteiger partial charge >= 0.3 is 5.97 Å². The van der Waals surface area contributed by atoms with Gasteiger partial charge in [0.2, 0.25) is 10.0 Å². The van der Waals surface area contributed by atoms with E-state index in [2.05, 4.69) is 14.8 Å². The predicted molar refractivity (Wildman–Crippen MR) is 103 cm³/mol. The van der Waals surface area contributed by atoms with E-state index in [1.54, 1.807) is 0 Å². The molecule has 1 atom stereocenters. The molecule has 1 amide bonds. The smallest absolute Gasteiger partial charge is 0.337 e. The maximum Gasteiger partial charge on any atom is 0.337 e. The molecule has 0 bridgehead atoms. The lowest BCUT2D eigenvalue weighted by Crippen LogP contribution is -2.27. The first-order valence-corrected chi connectivity index (χ1v) is 10.0. The minimum atomic E-state index is -3.56. The van der Waals surface area contributed by atoms with Crippen molar-refractivity contribution in [1.29, 1.82) is 0 Å². The molecule has 144 valence electrons. The van der Waals surface area contributed by atoms with Crippen molar-refractivity contribution in [2.45, 2.75) is 19.9 Å². The second-order valence-electron chi connectivity index (χ2n) is 5.90. The van der Waals surface area contributed by atoms with Gasteiger partial charge in [-0.2, -0.15) is 0 Å². The predicted octanol–water partition coefficient (Wildman–Crippen LogP) is 2.73. The lowest BCUT2D eigenvalue weighted by atomic mass is 10.1. The van der Waals surface area contributed by atoms with E-state index in [4.69, 9.17) is 0 Å². The highest BCUT2D eigenvalue weighted by Crippen LogP contribution is 2.19. The number of methoxy groups -OCH3 is 1. The topological polar surface area (TPSA) is 102 Å². The normalized spacial score (nSPS) is 12.1. The van der Waals surface area contributed by atoms with Crippen molar-refractivity contribution in [1.82, 2.24) is 5.32 Å². The largest absolute Gasteiger partial charge is 0.465 e. The Bertz CT molecular complexity index is 926. The molecule has 2 N–H and O–H groups in total. The Labute approximate surface area is 158 Å². The average molecular weight is 390 g/mol. The summed E-state index contributed by atoms with van der Waals surface area (Å²) < 4.78 is 30.7. The number of esters is 1. The fourth-order valence-electron chi connectivity index (χ4n) is 2.41. The summed E-state index contributed by atoms with van der Waals surface area (Å²) in [5, 5.41) is 2.83. The molecule has 0 aromatic heterocycles. The first-order valence-electron chi connectivity index (χ1n) is 8.35. The van der Waals surface area contributed by atoms with Crippen LogP contribution in [0.1, 0.15) is 46.2 Å². The molecule has 27 heavy (non-hydrogen) atoms. The van der Waals surface area contributed by atoms with Crippen LogP contribution >= 0.6 is 0 Å². The summed E-state index contributed by atoms with van der Waals surface area (Å²) in [6, 6.07) is 13.2. The number of amides is 1. The zero-order chi connectivity index (χ0) is 20.0. The second-order valence-corrected chi connectivity index (χ2v) is 7.91. The summed E-state index contributed by atoms with van der Waals surface area (Å²) in [4.78, 5) is 24.5. The van der Waals surface area contributed by atoms with E-state index in [1.807, 2.05) is 37.3 Å². The van der Waals surface area contributed by atoms with E-state index in [9.17, 15) is 18.0 Å². The lowest BCUT2D eigenvalue weighted by Gasteiger charge is -2.16. The van der Waals surface area contributed by atoms with Crippen LogP contribution in [-0.2, 0) is 14.8 Å². The number of benzene rings is 2. The third-order valence-electron chi connectivity index (χ3n) is 3.92. The number of nitrogens with one attached hydrogen (secondary N) is 2. The molecule has 0 heterocycles. The fraction of sp³-hybridized carbons (Fsp3) is 0.263. The Balaban J connectivity index is 2.33. The summed E-state index contributed by atoms with van der Waals surface area (Å²) in [6.45, 7) is 3.32. The molecular weight excluding hydrogens is 368 g/mol. The van der Waals surface area contributed by atoms with Crippen molar-refractivity contribution in [3.05, 3.63) is 65.2 Å². The summed E-state index contributed by atoms with van der Waals surface area (Å²) in [6.07, 6.45) is 0. The third-order valence-corrected chi connectivity index (χ3v) is 5.22. The molecule has 8 heteroatoms. The second kappa shape index (κ2) is 8.68. The number of hydrogen-bond donors (Lipinski definition) is 2. The van der Waals surface area contributed by atoms with Crippen LogP contribution in [0.4, 0.5) is 5.69 Å². The number of ether oxygens (including phenoxy) is 1. The van der Waals surface area contributed by atoms with Crippen LogP contribution in [0.15, 0.2) is 48.5 Å². The van der Waals surface area contributed by atoms with Crippen molar-refractivity contribution in [2.75, 3.05) is 17.6 Å². The first-order chi connectivity index (χ1) is 12.8. The summed E-state index contributed by atoms with van der Waals surface area (Å²) >= 11 is 0. The Morgan fingerprint density at radius 2 is 1.70 bits per heavy atom. The Morgan fingerprint density at radius 1 is 1.07 bits per heavy atom. The summed E-state index contributed by atoms with van der Waals surface area (Å²) in [5.41, 5.74) is 1.26. The van der Waals surface area contributed by atoms with Crippen molar-refractivity contribution in [2.24, 2.45) is 0 Å². The quantitative estimate of drug-likeness (QED) is 0.708. The molecule has 0 fully saturated rings. The molecule has 0 radical (unpaired) electrons. The summed E-state index contributed by atoms with van der Waals surface area (Å²) in [7, 11) is -2.35. The molecule has 2 aromatic rings. The Morgan fingerprint density at radius 3 is 2.30 bits per heavy atom. The first kappa shape index (κ1) is 20.4. The maximum absolute atomic E-state index is 12.6. The van der Waals surface area contributed by atoms with Gasteiger partial charge in [-0.3, -0.25) is 9.52 Å². The van der Waals surface area contributed by atoms with E-state index >= 15 is 0 Å². The molecule has 0 saturated heterocycles. The van der Waals surface area contributed by atoms with Crippen LogP contribution in [-0.4, -0.2) is 33.2 Å². The van der Waals surface area contributed by atoms with Crippen molar-refractivity contribution in [3.8, 4) is 0 Å². The van der Waals surface area contributed by atoms with Gasteiger partial charge in [-0.1, -0.05) is 30.3 Å². The fourth-order valence-corrected chi connectivity index (χ4v) is 3.03. The highest BCUT2D eigenvalue weighted by molar-refractivity contribution is 7.92. The number of hydrogen-bond acceptors (Lipinski definition) is 5. The molecule has 7 nitrogen and oxygen atoms in total. The number of carbonyl (C=O) groups excluding carboxylic acids is 2. The van der Waals surface area contributed by atoms with Crippen LogP contribution in [0.25, 0.3) is 0 Å². The van der Waals surface area contributed by atoms with Crippen molar-refractivity contribution in [3.63, 3.8) is 0 Å². The monoisotopic (exact) mass is 390 g/mol. The maximum atomic E-state index is 12.6. The standard InChI is InChI=1S/C19H22N2O5S/c1-4-27(24,25)21-17-11-15(10-16(12-17)19(23)26-3)18(22)20-13(2)14-8-6-5-7-9-14/h5-13,21H,4H2,1-3H3,(H,20,22). The minimum absolute atomic E-state index is 0.0753. The van der Waals surface area contributed by atoms with Gasteiger partial charge in [0, 0.05) is 5.56 Å². The molecule has 0 spiro atoms. The van der Waals surface area contributed by atoms with E-state index in [0.717, 1.165) is 5.56 Å². The number of rotatable bonds is 7. The van der Waals surface area contributed by atoms with Gasteiger partial charge < -0.3 is 10.1 Å². The molecule has 0 saturated carbocycles. The van der Waals surface area contributed by atoms with Crippen LogP contribution in [0.3, 0.4) is 0 Å².